The molecule has 1 N–H and O–H groups in total. The number of nitrogens with one attached hydrogen (secondary N) is 1. The maximum Gasteiger partial charge on any atom is 0.0446 e. The Kier molecular flexibility index (Phi) is 6.22. The largest absolute Gasteiger partial charge is 0.312 e. The van der Waals surface area contributed by atoms with Crippen molar-refractivity contribution in [3.05, 3.63) is 35.4 Å². The average molecular weight is 289 g/mol. The van der Waals surface area contributed by atoms with Gasteiger partial charge in [0.2, 0.25) is 0 Å². The zero-order valence-electron chi connectivity index (χ0n) is 14.1. The number of nitrogens with zero attached hydrogens (tertiary/aromatic N) is 2. The summed E-state index contributed by atoms with van der Waals surface area (Å²) < 4.78 is 0. The predicted molar refractivity (Wildman–Crippen MR) is 90.7 cm³/mol. The molecule has 2 atom stereocenters. The Balaban J connectivity index is 1.92. The lowest BCUT2D eigenvalue weighted by molar-refractivity contribution is 0.206. The molecule has 1 aromatic carbocycles. The predicted octanol–water partition coefficient (Wildman–Crippen LogP) is 2.67. The van der Waals surface area contributed by atoms with Crippen LogP contribution in [-0.4, -0.2) is 55.6 Å². The van der Waals surface area contributed by atoms with Gasteiger partial charge in [-0.25, -0.2) is 0 Å². The third-order valence-electron chi connectivity index (χ3n) is 4.85. The molecule has 3 nitrogen and oxygen atoms in total. The average Bonchev–Trinajstić information content (AvgIpc) is 2.96. The summed E-state index contributed by atoms with van der Waals surface area (Å²) in [5, 5.41) is 3.48. The number of aryl methyl sites for hydroxylation is 1. The summed E-state index contributed by atoms with van der Waals surface area (Å²) in [6, 6.07) is 10.1. The second-order valence-corrected chi connectivity index (χ2v) is 6.18. The monoisotopic (exact) mass is 289 g/mol. The fourth-order valence-electron chi connectivity index (χ4n) is 3.44. The van der Waals surface area contributed by atoms with E-state index in [4.69, 9.17) is 0 Å². The SMILES string of the molecule is CCN(CC)C1CCN(CC(NC)c2ccc(C)cc2)C1. The minimum absolute atomic E-state index is 0.432. The van der Waals surface area contributed by atoms with E-state index in [0.717, 1.165) is 12.6 Å². The van der Waals surface area contributed by atoms with Crippen LogP contribution in [0, 0.1) is 6.92 Å². The standard InChI is InChI=1S/C18H31N3/c1-5-21(6-2)17-11-12-20(13-17)14-18(19-4)16-9-7-15(3)8-10-16/h7-10,17-19H,5-6,11-14H2,1-4H3. The normalized spacial score (nSPS) is 21.1. The summed E-state index contributed by atoms with van der Waals surface area (Å²) in [5.74, 6) is 0. The van der Waals surface area contributed by atoms with Crippen LogP contribution in [0.25, 0.3) is 0 Å². The van der Waals surface area contributed by atoms with Gasteiger partial charge >= 0.3 is 0 Å². The van der Waals surface area contributed by atoms with Crippen LogP contribution in [0.1, 0.15) is 37.4 Å². The molecule has 1 aromatic rings. The summed E-state index contributed by atoms with van der Waals surface area (Å²) >= 11 is 0. The number of hydrogen-bond donors (Lipinski definition) is 1. The first-order valence-corrected chi connectivity index (χ1v) is 8.38. The van der Waals surface area contributed by atoms with Gasteiger partial charge in [-0.3, -0.25) is 9.80 Å². The van der Waals surface area contributed by atoms with Gasteiger partial charge < -0.3 is 5.32 Å². The highest BCUT2D eigenvalue weighted by Crippen LogP contribution is 2.20. The molecule has 1 heterocycles. The van der Waals surface area contributed by atoms with Crippen molar-refractivity contribution in [2.24, 2.45) is 0 Å². The van der Waals surface area contributed by atoms with E-state index in [1.54, 1.807) is 0 Å². The minimum atomic E-state index is 0.432. The van der Waals surface area contributed by atoms with Gasteiger partial charge in [0.1, 0.15) is 0 Å². The van der Waals surface area contributed by atoms with Crippen LogP contribution in [0.5, 0.6) is 0 Å². The van der Waals surface area contributed by atoms with E-state index < -0.39 is 0 Å². The van der Waals surface area contributed by atoms with Crippen molar-refractivity contribution in [1.29, 1.82) is 0 Å². The number of likely N-dealkylation sites (tertiary alicyclic amines) is 1. The van der Waals surface area contributed by atoms with Gasteiger partial charge in [0.15, 0.2) is 0 Å². The Bertz CT molecular complexity index is 411. The highest BCUT2D eigenvalue weighted by molar-refractivity contribution is 5.24. The second-order valence-electron chi connectivity index (χ2n) is 6.18. The second kappa shape index (κ2) is 7.92. The quantitative estimate of drug-likeness (QED) is 0.832. The fraction of sp³-hybridized carbons (Fsp3) is 0.667. The molecule has 0 amide bonds. The first-order chi connectivity index (χ1) is 10.2. The van der Waals surface area contributed by atoms with Crippen molar-refractivity contribution in [1.82, 2.24) is 15.1 Å². The van der Waals surface area contributed by atoms with Gasteiger partial charge in [0.25, 0.3) is 0 Å². The van der Waals surface area contributed by atoms with Gasteiger partial charge in [-0.1, -0.05) is 43.7 Å². The highest BCUT2D eigenvalue weighted by atomic mass is 15.3. The summed E-state index contributed by atoms with van der Waals surface area (Å²) in [5.41, 5.74) is 2.73. The highest BCUT2D eigenvalue weighted by Gasteiger charge is 2.27. The van der Waals surface area contributed by atoms with Crippen LogP contribution in [0.15, 0.2) is 24.3 Å². The minimum Gasteiger partial charge on any atom is -0.312 e. The lowest BCUT2D eigenvalue weighted by atomic mass is 10.0. The fourth-order valence-corrected chi connectivity index (χ4v) is 3.44. The molecule has 1 fully saturated rings. The van der Waals surface area contributed by atoms with Crippen LogP contribution < -0.4 is 5.32 Å². The van der Waals surface area contributed by atoms with Gasteiger partial charge in [0.05, 0.1) is 0 Å². The van der Waals surface area contributed by atoms with Gasteiger partial charge in [0, 0.05) is 25.2 Å². The van der Waals surface area contributed by atoms with E-state index in [1.165, 1.54) is 43.7 Å². The molecule has 0 aliphatic carbocycles. The van der Waals surface area contributed by atoms with Crippen molar-refractivity contribution in [3.8, 4) is 0 Å². The molecule has 1 aliphatic heterocycles. The zero-order chi connectivity index (χ0) is 15.2. The molecule has 0 radical (unpaired) electrons. The van der Waals surface area contributed by atoms with Crippen molar-refractivity contribution in [2.45, 2.75) is 39.3 Å². The summed E-state index contributed by atoms with van der Waals surface area (Å²) in [4.78, 5) is 5.21. The van der Waals surface area contributed by atoms with Crippen molar-refractivity contribution >= 4 is 0 Å². The molecule has 0 spiro atoms. The van der Waals surface area contributed by atoms with E-state index in [2.05, 4.69) is 67.2 Å². The first-order valence-electron chi connectivity index (χ1n) is 8.38. The van der Waals surface area contributed by atoms with Gasteiger partial charge in [-0.2, -0.15) is 0 Å². The molecule has 2 rings (SSSR count). The molecule has 1 aliphatic rings. The Morgan fingerprint density at radius 3 is 2.48 bits per heavy atom. The summed E-state index contributed by atoms with van der Waals surface area (Å²) in [6.07, 6.45) is 1.31. The number of hydrogen-bond acceptors (Lipinski definition) is 3. The van der Waals surface area contributed by atoms with Crippen LogP contribution >= 0.6 is 0 Å². The molecule has 3 heteroatoms. The van der Waals surface area contributed by atoms with Crippen LogP contribution in [-0.2, 0) is 0 Å². The Hall–Kier alpha value is -0.900. The number of benzene rings is 1. The van der Waals surface area contributed by atoms with Crippen molar-refractivity contribution < 1.29 is 0 Å². The van der Waals surface area contributed by atoms with Gasteiger partial charge in [-0.15, -0.1) is 0 Å². The Labute approximate surface area is 130 Å². The Morgan fingerprint density at radius 1 is 1.24 bits per heavy atom. The number of rotatable bonds is 7. The van der Waals surface area contributed by atoms with E-state index in [-0.39, 0.29) is 0 Å². The third-order valence-corrected chi connectivity index (χ3v) is 4.85. The van der Waals surface area contributed by atoms with Crippen molar-refractivity contribution in [2.75, 3.05) is 39.8 Å². The lowest BCUT2D eigenvalue weighted by Gasteiger charge is -2.28. The van der Waals surface area contributed by atoms with Crippen molar-refractivity contribution in [3.63, 3.8) is 0 Å². The molecule has 0 aromatic heterocycles. The summed E-state index contributed by atoms with van der Waals surface area (Å²) in [7, 11) is 2.07. The molecule has 0 bridgehead atoms. The lowest BCUT2D eigenvalue weighted by Crippen LogP contribution is -2.39. The molecule has 21 heavy (non-hydrogen) atoms. The summed E-state index contributed by atoms with van der Waals surface area (Å²) in [6.45, 7) is 12.6. The number of likely N-dealkylation sites (N-methyl/N-ethyl adjacent to an activating group) is 2. The zero-order valence-corrected chi connectivity index (χ0v) is 14.1. The molecular formula is C18H31N3. The maximum atomic E-state index is 3.48. The van der Waals surface area contributed by atoms with Gasteiger partial charge in [-0.05, 0) is 45.6 Å². The first kappa shape index (κ1) is 16.5. The van der Waals surface area contributed by atoms with E-state index >= 15 is 0 Å². The van der Waals surface area contributed by atoms with Crippen LogP contribution in [0.2, 0.25) is 0 Å². The molecule has 0 saturated carbocycles. The Morgan fingerprint density at radius 2 is 1.90 bits per heavy atom. The molecule has 118 valence electrons. The third kappa shape index (κ3) is 4.29. The topological polar surface area (TPSA) is 18.5 Å². The molecular weight excluding hydrogens is 258 g/mol. The van der Waals surface area contributed by atoms with E-state index in [1.807, 2.05) is 0 Å². The van der Waals surface area contributed by atoms with E-state index in [9.17, 15) is 0 Å². The van der Waals surface area contributed by atoms with Crippen LogP contribution in [0.3, 0.4) is 0 Å². The van der Waals surface area contributed by atoms with Crippen LogP contribution in [0.4, 0.5) is 0 Å². The molecule has 1 saturated heterocycles. The maximum absolute atomic E-state index is 3.48. The smallest absolute Gasteiger partial charge is 0.0446 e. The molecule has 2 unspecified atom stereocenters. The van der Waals surface area contributed by atoms with E-state index in [0.29, 0.717) is 6.04 Å².